The van der Waals surface area contributed by atoms with Gasteiger partial charge < -0.3 is 4.90 Å². The lowest BCUT2D eigenvalue weighted by atomic mass is 9.95. The average molecular weight is 234 g/mol. The fourth-order valence-electron chi connectivity index (χ4n) is 1.66. The van der Waals surface area contributed by atoms with Gasteiger partial charge in [-0.1, -0.05) is 20.8 Å². The van der Waals surface area contributed by atoms with E-state index in [0.29, 0.717) is 5.56 Å². The quantitative estimate of drug-likeness (QED) is 0.805. The summed E-state index contributed by atoms with van der Waals surface area (Å²) in [6.45, 7) is 11.2. The monoisotopic (exact) mass is 234 g/mol. The molecule has 3 heteroatoms. The molecule has 0 aliphatic rings. The Morgan fingerprint density at radius 2 is 2.06 bits per heavy atom. The third kappa shape index (κ3) is 4.17. The van der Waals surface area contributed by atoms with Crippen molar-refractivity contribution in [1.29, 1.82) is 0 Å². The SMILES string of the molecule is CC(C)N(CC(C)(C)C)C(=O)c1cccnc1. The number of nitrogens with zero attached hydrogens (tertiary/aromatic N) is 2. The van der Waals surface area contributed by atoms with Gasteiger partial charge in [0.2, 0.25) is 0 Å². The van der Waals surface area contributed by atoms with Crippen LogP contribution < -0.4 is 0 Å². The van der Waals surface area contributed by atoms with Crippen molar-refractivity contribution >= 4 is 5.91 Å². The van der Waals surface area contributed by atoms with Crippen LogP contribution in [0.5, 0.6) is 0 Å². The molecule has 0 aliphatic heterocycles. The molecule has 17 heavy (non-hydrogen) atoms. The molecule has 94 valence electrons. The van der Waals surface area contributed by atoms with Crippen LogP contribution in [0.15, 0.2) is 24.5 Å². The minimum atomic E-state index is 0.0584. The predicted octanol–water partition coefficient (Wildman–Crippen LogP) is 2.98. The molecule has 1 heterocycles. The molecule has 0 aliphatic carbocycles. The zero-order chi connectivity index (χ0) is 13.1. The highest BCUT2D eigenvalue weighted by molar-refractivity contribution is 5.94. The van der Waals surface area contributed by atoms with E-state index in [1.165, 1.54) is 0 Å². The summed E-state index contributed by atoms with van der Waals surface area (Å²) in [4.78, 5) is 18.2. The number of rotatable bonds is 3. The van der Waals surface area contributed by atoms with Gasteiger partial charge in [0.15, 0.2) is 0 Å². The number of aromatic nitrogens is 1. The molecule has 1 amide bonds. The molecular weight excluding hydrogens is 212 g/mol. The van der Waals surface area contributed by atoms with Crippen LogP contribution in [-0.4, -0.2) is 28.4 Å². The highest BCUT2D eigenvalue weighted by Gasteiger charge is 2.24. The first kappa shape index (κ1) is 13.7. The van der Waals surface area contributed by atoms with E-state index in [9.17, 15) is 4.79 Å². The summed E-state index contributed by atoms with van der Waals surface area (Å²) < 4.78 is 0. The Bertz CT molecular complexity index is 366. The highest BCUT2D eigenvalue weighted by atomic mass is 16.2. The number of carbonyl (C=O) groups excluding carboxylic acids is 1. The molecule has 0 fully saturated rings. The smallest absolute Gasteiger partial charge is 0.255 e. The number of carbonyl (C=O) groups is 1. The van der Waals surface area contributed by atoms with Crippen LogP contribution in [0.25, 0.3) is 0 Å². The van der Waals surface area contributed by atoms with Gasteiger partial charge in [0, 0.05) is 25.0 Å². The molecule has 0 saturated carbocycles. The Morgan fingerprint density at radius 3 is 2.47 bits per heavy atom. The number of hydrogen-bond donors (Lipinski definition) is 0. The van der Waals surface area contributed by atoms with Gasteiger partial charge in [0.25, 0.3) is 5.91 Å². The van der Waals surface area contributed by atoms with Gasteiger partial charge in [-0.05, 0) is 31.4 Å². The summed E-state index contributed by atoms with van der Waals surface area (Å²) >= 11 is 0. The van der Waals surface area contributed by atoms with Crippen LogP contribution in [0.2, 0.25) is 0 Å². The summed E-state index contributed by atoms with van der Waals surface area (Å²) in [5, 5.41) is 0. The fraction of sp³-hybridized carbons (Fsp3) is 0.571. The van der Waals surface area contributed by atoms with E-state index in [-0.39, 0.29) is 17.4 Å². The van der Waals surface area contributed by atoms with Crippen molar-refractivity contribution in [2.75, 3.05) is 6.54 Å². The Kier molecular flexibility index (Phi) is 4.27. The lowest BCUT2D eigenvalue weighted by molar-refractivity contribution is 0.0632. The van der Waals surface area contributed by atoms with Crippen LogP contribution in [0, 0.1) is 5.41 Å². The van der Waals surface area contributed by atoms with Gasteiger partial charge in [-0.15, -0.1) is 0 Å². The maximum absolute atomic E-state index is 12.3. The molecule has 0 radical (unpaired) electrons. The Labute approximate surface area is 104 Å². The largest absolute Gasteiger partial charge is 0.336 e. The molecule has 1 aromatic heterocycles. The molecule has 1 aromatic rings. The number of pyridine rings is 1. The topological polar surface area (TPSA) is 33.2 Å². The lowest BCUT2D eigenvalue weighted by Gasteiger charge is -2.33. The lowest BCUT2D eigenvalue weighted by Crippen LogP contribution is -2.42. The van der Waals surface area contributed by atoms with Crippen molar-refractivity contribution in [3.05, 3.63) is 30.1 Å². The van der Waals surface area contributed by atoms with E-state index in [2.05, 4.69) is 25.8 Å². The van der Waals surface area contributed by atoms with Gasteiger partial charge in [0.1, 0.15) is 0 Å². The van der Waals surface area contributed by atoms with E-state index in [1.54, 1.807) is 18.5 Å². The Hall–Kier alpha value is -1.38. The molecule has 1 rings (SSSR count). The van der Waals surface area contributed by atoms with Gasteiger partial charge >= 0.3 is 0 Å². The number of hydrogen-bond acceptors (Lipinski definition) is 2. The van der Waals surface area contributed by atoms with E-state index in [4.69, 9.17) is 0 Å². The van der Waals surface area contributed by atoms with E-state index in [1.807, 2.05) is 24.8 Å². The van der Waals surface area contributed by atoms with Gasteiger partial charge in [0.05, 0.1) is 5.56 Å². The maximum atomic E-state index is 12.3. The van der Waals surface area contributed by atoms with E-state index < -0.39 is 0 Å². The van der Waals surface area contributed by atoms with Crippen molar-refractivity contribution in [2.24, 2.45) is 5.41 Å². The third-order valence-electron chi connectivity index (χ3n) is 2.44. The molecule has 0 aromatic carbocycles. The van der Waals surface area contributed by atoms with Crippen molar-refractivity contribution in [1.82, 2.24) is 9.88 Å². The van der Waals surface area contributed by atoms with Crippen molar-refractivity contribution in [2.45, 2.75) is 40.7 Å². The summed E-state index contributed by atoms with van der Waals surface area (Å²) in [5.41, 5.74) is 0.757. The molecule has 0 N–H and O–H groups in total. The first-order valence-corrected chi connectivity index (χ1v) is 6.02. The van der Waals surface area contributed by atoms with Crippen molar-refractivity contribution < 1.29 is 4.79 Å². The van der Waals surface area contributed by atoms with Gasteiger partial charge in [-0.2, -0.15) is 0 Å². The first-order chi connectivity index (χ1) is 7.81. The highest BCUT2D eigenvalue weighted by Crippen LogP contribution is 2.18. The fourth-order valence-corrected chi connectivity index (χ4v) is 1.66. The van der Waals surface area contributed by atoms with Gasteiger partial charge in [-0.3, -0.25) is 9.78 Å². The van der Waals surface area contributed by atoms with Crippen molar-refractivity contribution in [3.63, 3.8) is 0 Å². The second kappa shape index (κ2) is 5.30. The average Bonchev–Trinajstić information content (AvgIpc) is 2.25. The van der Waals surface area contributed by atoms with E-state index in [0.717, 1.165) is 6.54 Å². The molecule has 0 saturated heterocycles. The normalized spacial score (nSPS) is 11.6. The summed E-state index contributed by atoms with van der Waals surface area (Å²) in [6.07, 6.45) is 3.31. The second-order valence-corrected chi connectivity index (χ2v) is 5.83. The van der Waals surface area contributed by atoms with Crippen LogP contribution in [0.3, 0.4) is 0 Å². The summed E-state index contributed by atoms with van der Waals surface area (Å²) in [7, 11) is 0. The minimum Gasteiger partial charge on any atom is -0.336 e. The second-order valence-electron chi connectivity index (χ2n) is 5.83. The molecule has 0 atom stereocenters. The number of amides is 1. The maximum Gasteiger partial charge on any atom is 0.255 e. The van der Waals surface area contributed by atoms with Crippen LogP contribution >= 0.6 is 0 Å². The van der Waals surface area contributed by atoms with Crippen molar-refractivity contribution in [3.8, 4) is 0 Å². The summed E-state index contributed by atoms with van der Waals surface area (Å²) in [5.74, 6) is 0.0584. The minimum absolute atomic E-state index is 0.0584. The Balaban J connectivity index is 2.89. The molecule has 0 spiro atoms. The first-order valence-electron chi connectivity index (χ1n) is 6.02. The standard InChI is InChI=1S/C14H22N2O/c1-11(2)16(10-14(3,4)5)13(17)12-7-6-8-15-9-12/h6-9,11H,10H2,1-5H3. The Morgan fingerprint density at radius 1 is 1.41 bits per heavy atom. The molecule has 0 unspecified atom stereocenters. The van der Waals surface area contributed by atoms with Crippen LogP contribution in [-0.2, 0) is 0 Å². The third-order valence-corrected chi connectivity index (χ3v) is 2.44. The summed E-state index contributed by atoms with van der Waals surface area (Å²) in [6, 6.07) is 3.80. The van der Waals surface area contributed by atoms with Gasteiger partial charge in [-0.25, -0.2) is 0 Å². The molecule has 3 nitrogen and oxygen atoms in total. The zero-order valence-corrected chi connectivity index (χ0v) is 11.4. The molecule has 0 bridgehead atoms. The van der Waals surface area contributed by atoms with Crippen LogP contribution in [0.1, 0.15) is 45.0 Å². The van der Waals surface area contributed by atoms with Crippen LogP contribution in [0.4, 0.5) is 0 Å². The zero-order valence-electron chi connectivity index (χ0n) is 11.4. The predicted molar refractivity (Wildman–Crippen MR) is 69.9 cm³/mol. The molecular formula is C14H22N2O. The van der Waals surface area contributed by atoms with E-state index >= 15 is 0 Å².